The summed E-state index contributed by atoms with van der Waals surface area (Å²) < 4.78 is 13.3. The Morgan fingerprint density at radius 2 is 2.31 bits per heavy atom. The van der Waals surface area contributed by atoms with Crippen LogP contribution in [0.5, 0.6) is 0 Å². The Hall–Kier alpha value is -2.41. The summed E-state index contributed by atoms with van der Waals surface area (Å²) >= 11 is 1.42. The number of nitrogens with one attached hydrogen (secondary N) is 3. The predicted octanol–water partition coefficient (Wildman–Crippen LogP) is 0.267. The van der Waals surface area contributed by atoms with Crippen LogP contribution in [0.25, 0.3) is 0 Å². The average Bonchev–Trinajstić information content (AvgIpc) is 2.98. The molecular formula is C17H18FN5O2S. The molecule has 4 unspecified atom stereocenters. The molecule has 9 heteroatoms. The second-order valence-corrected chi connectivity index (χ2v) is 7.38. The zero-order valence-corrected chi connectivity index (χ0v) is 14.8. The van der Waals surface area contributed by atoms with Gasteiger partial charge in [-0.05, 0) is 24.1 Å². The van der Waals surface area contributed by atoms with Gasteiger partial charge < -0.3 is 5.32 Å². The molecule has 2 aliphatic heterocycles. The van der Waals surface area contributed by atoms with Gasteiger partial charge in [-0.15, -0.1) is 11.8 Å². The van der Waals surface area contributed by atoms with E-state index in [2.05, 4.69) is 22.1 Å². The van der Waals surface area contributed by atoms with Crippen molar-refractivity contribution in [1.82, 2.24) is 21.1 Å². The summed E-state index contributed by atoms with van der Waals surface area (Å²) in [5.41, 5.74) is 3.12. The largest absolute Gasteiger partial charge is 0.330 e. The van der Waals surface area contributed by atoms with E-state index in [0.717, 1.165) is 5.56 Å². The van der Waals surface area contributed by atoms with Gasteiger partial charge >= 0.3 is 0 Å². The maximum Gasteiger partial charge on any atom is 0.260 e. The Labute approximate surface area is 154 Å². The van der Waals surface area contributed by atoms with Crippen LogP contribution in [0, 0.1) is 17.1 Å². The molecule has 3 rings (SSSR count). The van der Waals surface area contributed by atoms with Crippen molar-refractivity contribution < 1.29 is 14.0 Å². The van der Waals surface area contributed by atoms with Crippen LogP contribution in [0.4, 0.5) is 4.39 Å². The first kappa shape index (κ1) is 18.4. The van der Waals surface area contributed by atoms with Gasteiger partial charge in [0.05, 0.1) is 6.07 Å². The van der Waals surface area contributed by atoms with E-state index in [1.807, 2.05) is 6.07 Å². The molecule has 0 saturated carbocycles. The van der Waals surface area contributed by atoms with Crippen molar-refractivity contribution in [2.45, 2.75) is 29.3 Å². The van der Waals surface area contributed by atoms with E-state index in [1.54, 1.807) is 6.07 Å². The van der Waals surface area contributed by atoms with E-state index < -0.39 is 17.6 Å². The second-order valence-electron chi connectivity index (χ2n) is 6.03. The Balaban J connectivity index is 1.60. The number of rotatable bonds is 4. The van der Waals surface area contributed by atoms with Crippen molar-refractivity contribution in [3.63, 3.8) is 0 Å². The van der Waals surface area contributed by atoms with E-state index in [-0.39, 0.29) is 22.9 Å². The van der Waals surface area contributed by atoms with Gasteiger partial charge in [0, 0.05) is 18.4 Å². The summed E-state index contributed by atoms with van der Waals surface area (Å²) in [4.78, 5) is 23.8. The van der Waals surface area contributed by atoms with Gasteiger partial charge in [0.25, 0.3) is 5.91 Å². The molecule has 1 saturated heterocycles. The number of likely N-dealkylation sites (N-methyl/N-ethyl adjacent to an activating group) is 1. The molecule has 26 heavy (non-hydrogen) atoms. The third-order valence-corrected chi connectivity index (χ3v) is 5.44. The molecule has 1 aromatic carbocycles. The third-order valence-electron chi connectivity index (χ3n) is 4.13. The quantitative estimate of drug-likeness (QED) is 0.699. The van der Waals surface area contributed by atoms with Crippen LogP contribution in [0.1, 0.15) is 5.56 Å². The first-order chi connectivity index (χ1) is 12.5. The fourth-order valence-electron chi connectivity index (χ4n) is 2.79. The fourth-order valence-corrected chi connectivity index (χ4v) is 4.14. The van der Waals surface area contributed by atoms with E-state index >= 15 is 0 Å². The number of hydrazine groups is 1. The summed E-state index contributed by atoms with van der Waals surface area (Å²) in [6.45, 7) is 0. The highest BCUT2D eigenvalue weighted by molar-refractivity contribution is 8.00. The lowest BCUT2D eigenvalue weighted by Gasteiger charge is -2.26. The number of halogens is 1. The molecule has 2 heterocycles. The Morgan fingerprint density at radius 3 is 3.00 bits per heavy atom. The van der Waals surface area contributed by atoms with Gasteiger partial charge in [-0.3, -0.25) is 19.9 Å². The maximum absolute atomic E-state index is 13.3. The highest BCUT2D eigenvalue weighted by Crippen LogP contribution is 2.29. The van der Waals surface area contributed by atoms with Crippen LogP contribution in [0.3, 0.4) is 0 Å². The maximum atomic E-state index is 13.3. The van der Waals surface area contributed by atoms with E-state index in [1.165, 1.54) is 48.1 Å². The number of hydrogen-bond acceptors (Lipinski definition) is 6. The van der Waals surface area contributed by atoms with Crippen molar-refractivity contribution in [3.05, 3.63) is 47.8 Å². The van der Waals surface area contributed by atoms with Crippen molar-refractivity contribution in [1.29, 1.82) is 5.26 Å². The van der Waals surface area contributed by atoms with Crippen molar-refractivity contribution in [2.24, 2.45) is 0 Å². The average molecular weight is 375 g/mol. The number of nitriles is 1. The van der Waals surface area contributed by atoms with Crippen molar-refractivity contribution >= 4 is 23.6 Å². The lowest BCUT2D eigenvalue weighted by molar-refractivity contribution is -0.131. The summed E-state index contributed by atoms with van der Waals surface area (Å²) in [5.74, 6) is -0.860. The zero-order valence-electron chi connectivity index (χ0n) is 14.0. The minimum absolute atomic E-state index is 0.119. The molecule has 2 aliphatic rings. The van der Waals surface area contributed by atoms with E-state index in [9.17, 15) is 19.2 Å². The molecule has 1 aromatic rings. The van der Waals surface area contributed by atoms with E-state index in [0.29, 0.717) is 6.42 Å². The number of benzene rings is 1. The molecule has 0 bridgehead atoms. The lowest BCUT2D eigenvalue weighted by Crippen LogP contribution is -2.56. The predicted molar refractivity (Wildman–Crippen MR) is 94.8 cm³/mol. The molecule has 0 aliphatic carbocycles. The van der Waals surface area contributed by atoms with Crippen LogP contribution in [-0.2, 0) is 16.0 Å². The molecule has 2 amide bonds. The van der Waals surface area contributed by atoms with Gasteiger partial charge in [-0.2, -0.15) is 5.26 Å². The summed E-state index contributed by atoms with van der Waals surface area (Å²) in [7, 11) is 1.54. The molecule has 7 nitrogen and oxygen atoms in total. The smallest absolute Gasteiger partial charge is 0.260 e. The molecule has 0 spiro atoms. The highest BCUT2D eigenvalue weighted by atomic mass is 32.2. The summed E-state index contributed by atoms with van der Waals surface area (Å²) in [6.07, 6.45) is 3.34. The topological polar surface area (TPSA) is 97.3 Å². The van der Waals surface area contributed by atoms with Crippen LogP contribution >= 0.6 is 11.8 Å². The zero-order chi connectivity index (χ0) is 18.7. The van der Waals surface area contributed by atoms with Gasteiger partial charge in [0.15, 0.2) is 0 Å². The Bertz CT molecular complexity index is 781. The molecule has 0 radical (unpaired) electrons. The number of carbonyl (C=O) groups excluding carboxylic acids is 2. The van der Waals surface area contributed by atoms with Gasteiger partial charge in [0.2, 0.25) is 5.91 Å². The number of nitrogens with zero attached hydrogens (tertiary/aromatic N) is 2. The summed E-state index contributed by atoms with van der Waals surface area (Å²) in [6, 6.07) is 7.33. The number of hydrogen-bond donors (Lipinski definition) is 3. The third kappa shape index (κ3) is 4.22. The fraction of sp³-hybridized carbons (Fsp3) is 0.353. The van der Waals surface area contributed by atoms with Gasteiger partial charge in [-0.25, -0.2) is 9.82 Å². The molecule has 1 fully saturated rings. The monoisotopic (exact) mass is 375 g/mol. The Kier molecular flexibility index (Phi) is 5.56. The first-order valence-corrected chi connectivity index (χ1v) is 8.98. The number of amides is 2. The van der Waals surface area contributed by atoms with Gasteiger partial charge in [-0.1, -0.05) is 18.2 Å². The minimum atomic E-state index is -0.664. The molecule has 0 aromatic heterocycles. The lowest BCUT2D eigenvalue weighted by atomic mass is 10.1. The van der Waals surface area contributed by atoms with Gasteiger partial charge in [0.1, 0.15) is 23.4 Å². The molecular weight excluding hydrogens is 357 g/mol. The Morgan fingerprint density at radius 1 is 1.50 bits per heavy atom. The van der Waals surface area contributed by atoms with Crippen LogP contribution in [0.2, 0.25) is 0 Å². The van der Waals surface area contributed by atoms with Crippen LogP contribution in [-0.4, -0.2) is 46.7 Å². The first-order valence-electron chi connectivity index (χ1n) is 8.04. The second kappa shape index (κ2) is 7.86. The number of carbonyl (C=O) groups is 2. The number of thioether (sulfide) groups is 1. The van der Waals surface area contributed by atoms with Crippen LogP contribution in [0.15, 0.2) is 36.4 Å². The SMILES string of the molecule is CN1NC(C(=O)NC2NC(C#N)C(Cc3cccc(F)c3)S2)C=CC1=O. The normalized spacial score (nSPS) is 28.0. The van der Waals surface area contributed by atoms with Crippen molar-refractivity contribution in [3.8, 4) is 6.07 Å². The minimum Gasteiger partial charge on any atom is -0.330 e. The molecule has 136 valence electrons. The van der Waals surface area contributed by atoms with E-state index in [4.69, 9.17) is 0 Å². The highest BCUT2D eigenvalue weighted by Gasteiger charge is 2.36. The standard InChI is InChI=1S/C17H18FN5O2S/c1-23-15(24)6-5-12(22-23)16(25)21-17-20-13(9-19)14(26-17)8-10-3-2-4-11(18)7-10/h2-7,12-14,17,20,22H,8H2,1H3,(H,21,25). The molecule has 3 N–H and O–H groups in total. The summed E-state index contributed by atoms with van der Waals surface area (Å²) in [5, 5.41) is 16.3. The van der Waals surface area contributed by atoms with Crippen molar-refractivity contribution in [2.75, 3.05) is 7.05 Å². The molecule has 4 atom stereocenters. The van der Waals surface area contributed by atoms with Crippen LogP contribution < -0.4 is 16.1 Å².